The molecule has 1 aromatic rings. The Balaban J connectivity index is 3.42. The van der Waals surface area contributed by atoms with Gasteiger partial charge in [0.2, 0.25) is 0 Å². The van der Waals surface area contributed by atoms with E-state index in [1.165, 1.54) is 19.2 Å². The number of H-pyrrole nitrogens is 1. The Morgan fingerprint density at radius 2 is 2.00 bits per heavy atom. The largest absolute Gasteiger partial charge is 0.419 e. The summed E-state index contributed by atoms with van der Waals surface area (Å²) in [5, 5.41) is 0. The molecule has 0 saturated heterocycles. The fraction of sp³-hybridized carbons (Fsp3) is 0.286. The fourth-order valence-electron chi connectivity index (χ4n) is 0.935. The Labute approximate surface area is 72.2 Å². The SMILES string of the molecule is Cc1[nH]ccc(=S)c1C(F)(F)F. The van der Waals surface area contributed by atoms with Gasteiger partial charge in [-0.1, -0.05) is 12.2 Å². The van der Waals surface area contributed by atoms with Crippen LogP contribution in [0.5, 0.6) is 0 Å². The molecule has 0 aromatic carbocycles. The smallest absolute Gasteiger partial charge is 0.365 e. The molecule has 0 saturated carbocycles. The first-order valence-electron chi connectivity index (χ1n) is 3.18. The lowest BCUT2D eigenvalue weighted by molar-refractivity contribution is -0.138. The van der Waals surface area contributed by atoms with Crippen molar-refractivity contribution in [1.29, 1.82) is 0 Å². The highest BCUT2D eigenvalue weighted by Gasteiger charge is 2.33. The van der Waals surface area contributed by atoms with Gasteiger partial charge in [0, 0.05) is 11.9 Å². The summed E-state index contributed by atoms with van der Waals surface area (Å²) in [6, 6.07) is 1.23. The van der Waals surface area contributed by atoms with E-state index < -0.39 is 11.7 Å². The number of aromatic amines is 1. The van der Waals surface area contributed by atoms with Crippen molar-refractivity contribution in [2.45, 2.75) is 13.1 Å². The number of hydrogen-bond acceptors (Lipinski definition) is 1. The van der Waals surface area contributed by atoms with E-state index >= 15 is 0 Å². The standard InChI is InChI=1S/C7H6F3NS/c1-4-6(7(8,9)10)5(12)2-3-11-4/h2-3H,1H3,(H,11,12). The van der Waals surface area contributed by atoms with Crippen molar-refractivity contribution in [3.8, 4) is 0 Å². The summed E-state index contributed by atoms with van der Waals surface area (Å²) in [5.41, 5.74) is -0.699. The molecule has 0 atom stereocenters. The summed E-state index contributed by atoms with van der Waals surface area (Å²) in [6.45, 7) is 1.35. The molecule has 0 aliphatic heterocycles. The van der Waals surface area contributed by atoms with E-state index in [1.54, 1.807) is 0 Å². The average Bonchev–Trinajstić information content (AvgIpc) is 1.82. The second kappa shape index (κ2) is 2.90. The Morgan fingerprint density at radius 3 is 2.33 bits per heavy atom. The van der Waals surface area contributed by atoms with Crippen LogP contribution in [0.15, 0.2) is 12.3 Å². The minimum absolute atomic E-state index is 0.0509. The Bertz CT molecular complexity index is 339. The van der Waals surface area contributed by atoms with E-state index in [1.807, 2.05) is 0 Å². The predicted molar refractivity (Wildman–Crippen MR) is 41.4 cm³/mol. The van der Waals surface area contributed by atoms with Gasteiger partial charge in [0.15, 0.2) is 0 Å². The molecule has 0 amide bonds. The summed E-state index contributed by atoms with van der Waals surface area (Å²) in [7, 11) is 0. The predicted octanol–water partition coefficient (Wildman–Crippen LogP) is 3.07. The van der Waals surface area contributed by atoms with Gasteiger partial charge in [-0.05, 0) is 13.0 Å². The van der Waals surface area contributed by atoms with Gasteiger partial charge in [-0.25, -0.2) is 0 Å². The van der Waals surface area contributed by atoms with E-state index in [2.05, 4.69) is 17.2 Å². The molecule has 0 aliphatic carbocycles. The first-order chi connectivity index (χ1) is 5.43. The van der Waals surface area contributed by atoms with E-state index in [9.17, 15) is 13.2 Å². The molecule has 0 aliphatic rings. The first-order valence-corrected chi connectivity index (χ1v) is 3.59. The average molecular weight is 193 g/mol. The van der Waals surface area contributed by atoms with Crippen molar-refractivity contribution < 1.29 is 13.2 Å². The molecule has 5 heteroatoms. The highest BCUT2D eigenvalue weighted by molar-refractivity contribution is 7.71. The van der Waals surface area contributed by atoms with E-state index in [0.29, 0.717) is 0 Å². The molecule has 0 spiro atoms. The fourth-order valence-corrected chi connectivity index (χ4v) is 1.27. The van der Waals surface area contributed by atoms with Crippen LogP contribution < -0.4 is 0 Å². The molecular formula is C7H6F3NS. The van der Waals surface area contributed by atoms with E-state index in [0.717, 1.165) is 0 Å². The van der Waals surface area contributed by atoms with Gasteiger partial charge in [0.05, 0.1) is 10.1 Å². The molecule has 0 radical (unpaired) electrons. The third-order valence-electron chi connectivity index (χ3n) is 1.44. The van der Waals surface area contributed by atoms with Gasteiger partial charge >= 0.3 is 6.18 Å². The zero-order valence-corrected chi connectivity index (χ0v) is 7.01. The van der Waals surface area contributed by atoms with Gasteiger partial charge < -0.3 is 4.98 Å². The first kappa shape index (κ1) is 9.25. The highest BCUT2D eigenvalue weighted by atomic mass is 32.1. The third kappa shape index (κ3) is 1.66. The lowest BCUT2D eigenvalue weighted by Crippen LogP contribution is -2.09. The maximum absolute atomic E-state index is 12.2. The van der Waals surface area contributed by atoms with Gasteiger partial charge in [-0.3, -0.25) is 0 Å². The number of halogens is 3. The number of rotatable bonds is 0. The zero-order valence-electron chi connectivity index (χ0n) is 6.20. The molecular weight excluding hydrogens is 187 g/mol. The van der Waals surface area contributed by atoms with Crippen LogP contribution >= 0.6 is 12.2 Å². The van der Waals surface area contributed by atoms with Crippen molar-refractivity contribution >= 4 is 12.2 Å². The molecule has 0 bridgehead atoms. The van der Waals surface area contributed by atoms with Crippen LogP contribution in [-0.4, -0.2) is 4.98 Å². The second-order valence-corrected chi connectivity index (χ2v) is 2.78. The van der Waals surface area contributed by atoms with Crippen molar-refractivity contribution in [2.75, 3.05) is 0 Å². The van der Waals surface area contributed by atoms with Crippen molar-refractivity contribution in [2.24, 2.45) is 0 Å². The number of nitrogens with one attached hydrogen (secondary N) is 1. The van der Waals surface area contributed by atoms with Crippen LogP contribution in [0.3, 0.4) is 0 Å². The summed E-state index contributed by atoms with van der Waals surface area (Å²) in [6.07, 6.45) is -2.97. The Hall–Kier alpha value is -0.840. The molecule has 0 unspecified atom stereocenters. The zero-order chi connectivity index (χ0) is 9.35. The summed E-state index contributed by atoms with van der Waals surface area (Å²) in [5.74, 6) is 0. The van der Waals surface area contributed by atoms with Crippen LogP contribution in [0.4, 0.5) is 13.2 Å². The summed E-state index contributed by atoms with van der Waals surface area (Å²) < 4.78 is 36.5. The topological polar surface area (TPSA) is 15.8 Å². The minimum atomic E-state index is -4.36. The van der Waals surface area contributed by atoms with Crippen LogP contribution in [0.25, 0.3) is 0 Å². The maximum Gasteiger partial charge on any atom is 0.419 e. The quantitative estimate of drug-likeness (QED) is 0.626. The number of alkyl halides is 3. The van der Waals surface area contributed by atoms with Crippen LogP contribution in [-0.2, 0) is 6.18 Å². The van der Waals surface area contributed by atoms with Gasteiger partial charge in [-0.2, -0.15) is 13.2 Å². The monoisotopic (exact) mass is 193 g/mol. The van der Waals surface area contributed by atoms with Crippen LogP contribution in [0, 0.1) is 11.4 Å². The van der Waals surface area contributed by atoms with Crippen molar-refractivity contribution in [3.05, 3.63) is 28.0 Å². The molecule has 1 heterocycles. The molecule has 66 valence electrons. The Kier molecular flexibility index (Phi) is 2.23. The van der Waals surface area contributed by atoms with E-state index in [4.69, 9.17) is 0 Å². The van der Waals surface area contributed by atoms with Crippen LogP contribution in [0.1, 0.15) is 11.3 Å². The molecule has 1 nitrogen and oxygen atoms in total. The summed E-state index contributed by atoms with van der Waals surface area (Å²) in [4.78, 5) is 2.46. The molecule has 1 aromatic heterocycles. The molecule has 1 rings (SSSR count). The van der Waals surface area contributed by atoms with E-state index in [-0.39, 0.29) is 10.2 Å². The van der Waals surface area contributed by atoms with Crippen LogP contribution in [0.2, 0.25) is 0 Å². The van der Waals surface area contributed by atoms with Crippen molar-refractivity contribution in [3.63, 3.8) is 0 Å². The third-order valence-corrected chi connectivity index (χ3v) is 1.78. The normalized spacial score (nSPS) is 11.7. The second-order valence-electron chi connectivity index (χ2n) is 2.34. The maximum atomic E-state index is 12.2. The number of hydrogen-bond donors (Lipinski definition) is 1. The van der Waals surface area contributed by atoms with Gasteiger partial charge in [0.25, 0.3) is 0 Å². The number of aromatic nitrogens is 1. The highest BCUT2D eigenvalue weighted by Crippen LogP contribution is 2.31. The Morgan fingerprint density at radius 1 is 1.42 bits per heavy atom. The molecule has 0 fully saturated rings. The lowest BCUT2D eigenvalue weighted by atomic mass is 10.2. The molecule has 1 N–H and O–H groups in total. The molecule has 12 heavy (non-hydrogen) atoms. The van der Waals surface area contributed by atoms with Gasteiger partial charge in [-0.15, -0.1) is 0 Å². The van der Waals surface area contributed by atoms with Gasteiger partial charge in [0.1, 0.15) is 0 Å². The number of aryl methyl sites for hydroxylation is 1. The van der Waals surface area contributed by atoms with Crippen molar-refractivity contribution in [1.82, 2.24) is 4.98 Å². The summed E-state index contributed by atoms with van der Waals surface area (Å²) >= 11 is 4.55. The minimum Gasteiger partial charge on any atom is -0.365 e. The number of pyridine rings is 1. The lowest BCUT2D eigenvalue weighted by Gasteiger charge is -2.08.